The minimum Gasteiger partial charge on any atom is -0.497 e. The van der Waals surface area contributed by atoms with Crippen LogP contribution in [0, 0.1) is 6.07 Å². The van der Waals surface area contributed by atoms with Crippen LogP contribution in [0.1, 0.15) is 10.4 Å². The van der Waals surface area contributed by atoms with Crippen LogP contribution in [0.15, 0.2) is 18.2 Å². The number of amides is 1. The Morgan fingerprint density at radius 2 is 2.36 bits per heavy atom. The predicted molar refractivity (Wildman–Crippen MR) is 40.3 cm³/mol. The van der Waals surface area contributed by atoms with Crippen molar-refractivity contribution >= 4 is 5.91 Å². The second kappa shape index (κ2) is 3.05. The lowest BCUT2D eigenvalue weighted by atomic mass is 10.2. The zero-order valence-corrected chi connectivity index (χ0v) is 6.13. The molecule has 3 nitrogen and oxygen atoms in total. The van der Waals surface area contributed by atoms with Gasteiger partial charge in [0, 0.05) is 5.56 Å². The quantitative estimate of drug-likeness (QED) is 0.671. The van der Waals surface area contributed by atoms with E-state index in [-0.39, 0.29) is 0 Å². The summed E-state index contributed by atoms with van der Waals surface area (Å²) < 4.78 is 4.87. The lowest BCUT2D eigenvalue weighted by molar-refractivity contribution is 0.1000. The summed E-state index contributed by atoms with van der Waals surface area (Å²) in [4.78, 5) is 10.6. The zero-order chi connectivity index (χ0) is 8.27. The molecule has 3 heteroatoms. The molecule has 2 N–H and O–H groups in total. The number of hydrogen-bond acceptors (Lipinski definition) is 2. The molecule has 0 aliphatic heterocycles. The summed E-state index contributed by atoms with van der Waals surface area (Å²) in [5.41, 5.74) is 5.43. The highest BCUT2D eigenvalue weighted by Gasteiger charge is 1.99. The van der Waals surface area contributed by atoms with Crippen LogP contribution in [-0.4, -0.2) is 13.0 Å². The molecule has 11 heavy (non-hydrogen) atoms. The molecule has 0 saturated heterocycles. The molecule has 0 fully saturated rings. The number of methoxy groups -OCH3 is 1. The molecule has 1 aromatic carbocycles. The lowest BCUT2D eigenvalue weighted by Gasteiger charge is -1.99. The first-order chi connectivity index (χ1) is 5.24. The SMILES string of the molecule is COc1c[c]cc(C(N)=O)c1. The lowest BCUT2D eigenvalue weighted by Crippen LogP contribution is -2.10. The first kappa shape index (κ1) is 7.60. The summed E-state index contributed by atoms with van der Waals surface area (Å²) in [6.07, 6.45) is 0. The fourth-order valence-electron chi connectivity index (χ4n) is 0.710. The number of ether oxygens (including phenoxy) is 1. The molecule has 1 aromatic rings. The smallest absolute Gasteiger partial charge is 0.248 e. The van der Waals surface area contributed by atoms with E-state index < -0.39 is 5.91 Å². The average Bonchev–Trinajstić information content (AvgIpc) is 2.05. The summed E-state index contributed by atoms with van der Waals surface area (Å²) in [7, 11) is 1.52. The maximum atomic E-state index is 10.6. The Morgan fingerprint density at radius 1 is 1.64 bits per heavy atom. The fraction of sp³-hybridized carbons (Fsp3) is 0.125. The van der Waals surface area contributed by atoms with Gasteiger partial charge in [-0.15, -0.1) is 0 Å². The van der Waals surface area contributed by atoms with E-state index >= 15 is 0 Å². The zero-order valence-electron chi connectivity index (χ0n) is 6.13. The number of nitrogens with two attached hydrogens (primary N) is 1. The minimum atomic E-state index is -0.472. The van der Waals surface area contributed by atoms with Gasteiger partial charge in [0.1, 0.15) is 5.75 Å². The van der Waals surface area contributed by atoms with Crippen molar-refractivity contribution in [2.45, 2.75) is 0 Å². The third kappa shape index (κ3) is 1.70. The summed E-state index contributed by atoms with van der Waals surface area (Å²) in [6, 6.07) is 7.45. The van der Waals surface area contributed by atoms with Crippen LogP contribution in [0.3, 0.4) is 0 Å². The summed E-state index contributed by atoms with van der Waals surface area (Å²) >= 11 is 0. The van der Waals surface area contributed by atoms with Crippen molar-refractivity contribution in [1.29, 1.82) is 0 Å². The highest BCUT2D eigenvalue weighted by molar-refractivity contribution is 5.93. The number of carbonyl (C=O) groups is 1. The summed E-state index contributed by atoms with van der Waals surface area (Å²) in [5.74, 6) is 0.112. The molecule has 1 amide bonds. The highest BCUT2D eigenvalue weighted by atomic mass is 16.5. The van der Waals surface area contributed by atoms with Gasteiger partial charge < -0.3 is 10.5 Å². The maximum absolute atomic E-state index is 10.6. The molecule has 1 radical (unpaired) electrons. The molecule has 0 aliphatic rings. The number of hydrogen-bond donors (Lipinski definition) is 1. The van der Waals surface area contributed by atoms with Gasteiger partial charge in [0.15, 0.2) is 0 Å². The van der Waals surface area contributed by atoms with Crippen molar-refractivity contribution in [1.82, 2.24) is 0 Å². The number of carbonyl (C=O) groups excluding carboxylic acids is 1. The van der Waals surface area contributed by atoms with Gasteiger partial charge >= 0.3 is 0 Å². The van der Waals surface area contributed by atoms with Gasteiger partial charge in [-0.1, -0.05) is 0 Å². The van der Waals surface area contributed by atoms with E-state index in [9.17, 15) is 4.79 Å². The molecule has 0 atom stereocenters. The van der Waals surface area contributed by atoms with Crippen LogP contribution >= 0.6 is 0 Å². The van der Waals surface area contributed by atoms with Crippen LogP contribution < -0.4 is 10.5 Å². The molecular formula is C8H8NO2. The topological polar surface area (TPSA) is 52.3 Å². The standard InChI is InChI=1S/C8H8NO2/c1-11-7-4-2-3-6(5-7)8(9)10/h3-5H,1H3,(H2,9,10). The van der Waals surface area contributed by atoms with Crippen LogP contribution in [0.2, 0.25) is 0 Å². The van der Waals surface area contributed by atoms with E-state index in [1.165, 1.54) is 13.2 Å². The fourth-order valence-corrected chi connectivity index (χ4v) is 0.710. The number of rotatable bonds is 2. The van der Waals surface area contributed by atoms with Crippen LogP contribution in [0.25, 0.3) is 0 Å². The minimum absolute atomic E-state index is 0.407. The van der Waals surface area contributed by atoms with Crippen molar-refractivity contribution in [3.63, 3.8) is 0 Å². The van der Waals surface area contributed by atoms with Crippen LogP contribution in [0.4, 0.5) is 0 Å². The van der Waals surface area contributed by atoms with Crippen LogP contribution in [0.5, 0.6) is 5.75 Å². The Bertz CT molecular complexity index is 271. The molecule has 0 aliphatic carbocycles. The number of primary amides is 1. The van der Waals surface area contributed by atoms with Crippen molar-refractivity contribution in [3.05, 3.63) is 29.8 Å². The predicted octanol–water partition coefficient (Wildman–Crippen LogP) is 0.594. The van der Waals surface area contributed by atoms with Crippen molar-refractivity contribution in [2.24, 2.45) is 5.73 Å². The van der Waals surface area contributed by atoms with Gasteiger partial charge in [-0.3, -0.25) is 4.79 Å². The second-order valence-electron chi connectivity index (χ2n) is 2.03. The van der Waals surface area contributed by atoms with Gasteiger partial charge in [-0.2, -0.15) is 0 Å². The Balaban J connectivity index is 3.01. The molecule has 0 aromatic heterocycles. The Kier molecular flexibility index (Phi) is 2.11. The Hall–Kier alpha value is -1.51. The third-order valence-corrected chi connectivity index (χ3v) is 1.28. The molecule has 0 saturated carbocycles. The number of benzene rings is 1. The van der Waals surface area contributed by atoms with Crippen molar-refractivity contribution < 1.29 is 9.53 Å². The van der Waals surface area contributed by atoms with Gasteiger partial charge in [0.25, 0.3) is 0 Å². The molecule has 0 bridgehead atoms. The molecule has 57 valence electrons. The van der Waals surface area contributed by atoms with E-state index in [0.29, 0.717) is 11.3 Å². The van der Waals surface area contributed by atoms with E-state index in [2.05, 4.69) is 6.07 Å². The van der Waals surface area contributed by atoms with Crippen LogP contribution in [-0.2, 0) is 0 Å². The van der Waals surface area contributed by atoms with E-state index in [1.807, 2.05) is 0 Å². The van der Waals surface area contributed by atoms with E-state index in [0.717, 1.165) is 0 Å². The van der Waals surface area contributed by atoms with Crippen molar-refractivity contribution in [2.75, 3.05) is 7.11 Å². The monoisotopic (exact) mass is 150 g/mol. The third-order valence-electron chi connectivity index (χ3n) is 1.28. The Labute approximate surface area is 64.8 Å². The largest absolute Gasteiger partial charge is 0.497 e. The van der Waals surface area contributed by atoms with Gasteiger partial charge in [0.05, 0.1) is 7.11 Å². The van der Waals surface area contributed by atoms with Gasteiger partial charge in [-0.05, 0) is 24.3 Å². The van der Waals surface area contributed by atoms with E-state index in [4.69, 9.17) is 10.5 Å². The molecule has 1 rings (SSSR count). The van der Waals surface area contributed by atoms with Gasteiger partial charge in [-0.25, -0.2) is 0 Å². The van der Waals surface area contributed by atoms with Crippen molar-refractivity contribution in [3.8, 4) is 5.75 Å². The highest BCUT2D eigenvalue weighted by Crippen LogP contribution is 2.10. The molecule has 0 heterocycles. The average molecular weight is 150 g/mol. The molecule has 0 spiro atoms. The normalized spacial score (nSPS) is 9.18. The first-order valence-corrected chi connectivity index (χ1v) is 3.09. The summed E-state index contributed by atoms with van der Waals surface area (Å²) in [5, 5.41) is 0. The maximum Gasteiger partial charge on any atom is 0.248 e. The first-order valence-electron chi connectivity index (χ1n) is 3.09. The molecule has 0 unspecified atom stereocenters. The summed E-state index contributed by atoms with van der Waals surface area (Å²) in [6.45, 7) is 0. The van der Waals surface area contributed by atoms with E-state index in [1.54, 1.807) is 12.1 Å². The molecular weight excluding hydrogens is 142 g/mol. The Morgan fingerprint density at radius 3 is 2.91 bits per heavy atom. The van der Waals surface area contributed by atoms with Gasteiger partial charge in [0.2, 0.25) is 5.91 Å². The second-order valence-corrected chi connectivity index (χ2v) is 2.03.